The van der Waals surface area contributed by atoms with Gasteiger partial charge in [0.2, 0.25) is 0 Å². The number of ether oxygens (including phenoxy) is 2. The van der Waals surface area contributed by atoms with E-state index in [1.165, 1.54) is 19.3 Å². The van der Waals surface area contributed by atoms with E-state index in [0.29, 0.717) is 12.6 Å². The van der Waals surface area contributed by atoms with Gasteiger partial charge in [-0.05, 0) is 38.4 Å². The standard InChI is InChI=1S/C14H21NO2/c1-2-16-13-8-3-4-9-14(13)17-11-12-7-5-6-10-15-12/h3-4,8-9,12,15H,2,5-7,10-11H2,1H3/t12-/m0/s1. The SMILES string of the molecule is CCOc1ccccc1OC[C@@H]1CCCCN1. The number of para-hydroxylation sites is 2. The lowest BCUT2D eigenvalue weighted by Crippen LogP contribution is -2.38. The minimum absolute atomic E-state index is 0.485. The van der Waals surface area contributed by atoms with E-state index in [-0.39, 0.29) is 0 Å². The second-order valence-corrected chi connectivity index (χ2v) is 4.34. The van der Waals surface area contributed by atoms with Gasteiger partial charge in [-0.1, -0.05) is 18.6 Å². The Morgan fingerprint density at radius 1 is 1.18 bits per heavy atom. The maximum Gasteiger partial charge on any atom is 0.161 e. The van der Waals surface area contributed by atoms with E-state index in [4.69, 9.17) is 9.47 Å². The van der Waals surface area contributed by atoms with Crippen LogP contribution in [0.5, 0.6) is 11.5 Å². The molecule has 0 spiro atoms. The fourth-order valence-corrected chi connectivity index (χ4v) is 2.10. The molecule has 1 aromatic rings. The van der Waals surface area contributed by atoms with Crippen molar-refractivity contribution in [1.82, 2.24) is 5.32 Å². The van der Waals surface area contributed by atoms with Crippen LogP contribution in [0.3, 0.4) is 0 Å². The fourth-order valence-electron chi connectivity index (χ4n) is 2.10. The molecule has 94 valence electrons. The summed E-state index contributed by atoms with van der Waals surface area (Å²) in [6.45, 7) is 4.49. The van der Waals surface area contributed by atoms with Crippen molar-refractivity contribution >= 4 is 0 Å². The van der Waals surface area contributed by atoms with E-state index in [9.17, 15) is 0 Å². The average Bonchev–Trinajstić information content (AvgIpc) is 2.39. The maximum atomic E-state index is 5.84. The summed E-state index contributed by atoms with van der Waals surface area (Å²) >= 11 is 0. The zero-order valence-corrected chi connectivity index (χ0v) is 10.4. The van der Waals surface area contributed by atoms with Crippen LogP contribution in [0.25, 0.3) is 0 Å². The second kappa shape index (κ2) is 6.50. The number of piperidine rings is 1. The molecular formula is C14H21NO2. The first-order chi connectivity index (χ1) is 8.40. The van der Waals surface area contributed by atoms with Gasteiger partial charge in [0.05, 0.1) is 6.61 Å². The first kappa shape index (κ1) is 12.2. The minimum Gasteiger partial charge on any atom is -0.490 e. The fraction of sp³-hybridized carbons (Fsp3) is 0.571. The predicted octanol–water partition coefficient (Wildman–Crippen LogP) is 2.61. The van der Waals surface area contributed by atoms with Crippen molar-refractivity contribution < 1.29 is 9.47 Å². The Bertz CT molecular complexity index is 335. The molecule has 1 atom stereocenters. The summed E-state index contributed by atoms with van der Waals surface area (Å²) in [7, 11) is 0. The highest BCUT2D eigenvalue weighted by atomic mass is 16.5. The molecule has 0 amide bonds. The van der Waals surface area contributed by atoms with Crippen molar-refractivity contribution in [3.8, 4) is 11.5 Å². The molecule has 0 aliphatic carbocycles. The molecule has 2 rings (SSSR count). The highest BCUT2D eigenvalue weighted by molar-refractivity contribution is 5.39. The summed E-state index contributed by atoms with van der Waals surface area (Å²) in [5.41, 5.74) is 0. The third-order valence-electron chi connectivity index (χ3n) is 3.00. The van der Waals surface area contributed by atoms with Crippen molar-refractivity contribution in [2.24, 2.45) is 0 Å². The van der Waals surface area contributed by atoms with Crippen LogP contribution in [0.2, 0.25) is 0 Å². The highest BCUT2D eigenvalue weighted by Crippen LogP contribution is 2.26. The Morgan fingerprint density at radius 3 is 2.59 bits per heavy atom. The molecule has 1 aromatic carbocycles. The summed E-state index contributed by atoms with van der Waals surface area (Å²) in [6, 6.07) is 8.35. The van der Waals surface area contributed by atoms with Gasteiger partial charge in [-0.3, -0.25) is 0 Å². The van der Waals surface area contributed by atoms with Gasteiger partial charge >= 0.3 is 0 Å². The van der Waals surface area contributed by atoms with Crippen molar-refractivity contribution in [2.75, 3.05) is 19.8 Å². The minimum atomic E-state index is 0.485. The number of nitrogens with one attached hydrogen (secondary N) is 1. The number of benzene rings is 1. The first-order valence-electron chi connectivity index (χ1n) is 6.48. The molecule has 0 bridgehead atoms. The quantitative estimate of drug-likeness (QED) is 0.851. The Morgan fingerprint density at radius 2 is 1.94 bits per heavy atom. The summed E-state index contributed by atoms with van der Waals surface area (Å²) in [5.74, 6) is 1.69. The van der Waals surface area contributed by atoms with E-state index in [1.807, 2.05) is 31.2 Å². The van der Waals surface area contributed by atoms with Gasteiger partial charge in [0, 0.05) is 6.04 Å². The third kappa shape index (κ3) is 3.63. The van der Waals surface area contributed by atoms with Crippen molar-refractivity contribution in [1.29, 1.82) is 0 Å². The molecule has 0 aromatic heterocycles. The topological polar surface area (TPSA) is 30.5 Å². The Balaban J connectivity index is 1.88. The molecule has 1 saturated heterocycles. The molecule has 0 saturated carbocycles. The zero-order chi connectivity index (χ0) is 11.9. The lowest BCUT2D eigenvalue weighted by molar-refractivity contribution is 0.225. The Labute approximate surface area is 103 Å². The molecule has 3 heteroatoms. The van der Waals surface area contributed by atoms with Gasteiger partial charge in [0.25, 0.3) is 0 Å². The molecule has 1 heterocycles. The van der Waals surface area contributed by atoms with E-state index >= 15 is 0 Å². The normalized spacial score (nSPS) is 19.9. The van der Waals surface area contributed by atoms with Gasteiger partial charge in [0.15, 0.2) is 11.5 Å². The van der Waals surface area contributed by atoms with Crippen LogP contribution in [-0.4, -0.2) is 25.8 Å². The molecule has 1 aliphatic heterocycles. The van der Waals surface area contributed by atoms with E-state index in [2.05, 4.69) is 5.32 Å². The van der Waals surface area contributed by atoms with Gasteiger partial charge in [0.1, 0.15) is 6.61 Å². The van der Waals surface area contributed by atoms with Crippen molar-refractivity contribution in [3.63, 3.8) is 0 Å². The summed E-state index contributed by atoms with van der Waals surface area (Å²) < 4.78 is 11.4. The van der Waals surface area contributed by atoms with Crippen LogP contribution < -0.4 is 14.8 Å². The molecule has 0 unspecified atom stereocenters. The van der Waals surface area contributed by atoms with Crippen LogP contribution in [0.15, 0.2) is 24.3 Å². The number of rotatable bonds is 5. The van der Waals surface area contributed by atoms with E-state index in [1.54, 1.807) is 0 Å². The molecule has 3 nitrogen and oxygen atoms in total. The number of hydrogen-bond acceptors (Lipinski definition) is 3. The monoisotopic (exact) mass is 235 g/mol. The lowest BCUT2D eigenvalue weighted by Gasteiger charge is -2.23. The van der Waals surface area contributed by atoms with Crippen molar-refractivity contribution in [3.05, 3.63) is 24.3 Å². The Hall–Kier alpha value is -1.22. The molecule has 1 N–H and O–H groups in total. The average molecular weight is 235 g/mol. The molecule has 0 radical (unpaired) electrons. The van der Waals surface area contributed by atoms with Crippen LogP contribution in [0.4, 0.5) is 0 Å². The maximum absolute atomic E-state index is 5.84. The van der Waals surface area contributed by atoms with Crippen LogP contribution in [0.1, 0.15) is 26.2 Å². The largest absolute Gasteiger partial charge is 0.490 e. The second-order valence-electron chi connectivity index (χ2n) is 4.34. The van der Waals surface area contributed by atoms with E-state index < -0.39 is 0 Å². The summed E-state index contributed by atoms with van der Waals surface area (Å²) in [5, 5.41) is 3.47. The van der Waals surface area contributed by atoms with Crippen LogP contribution in [0, 0.1) is 0 Å². The van der Waals surface area contributed by atoms with Gasteiger partial charge < -0.3 is 14.8 Å². The van der Waals surface area contributed by atoms with Gasteiger partial charge in [-0.15, -0.1) is 0 Å². The van der Waals surface area contributed by atoms with Crippen molar-refractivity contribution in [2.45, 2.75) is 32.2 Å². The third-order valence-corrected chi connectivity index (χ3v) is 3.00. The first-order valence-corrected chi connectivity index (χ1v) is 6.48. The predicted molar refractivity (Wildman–Crippen MR) is 68.7 cm³/mol. The van der Waals surface area contributed by atoms with E-state index in [0.717, 1.165) is 24.7 Å². The molecule has 1 fully saturated rings. The Kier molecular flexibility index (Phi) is 4.68. The summed E-state index contributed by atoms with van der Waals surface area (Å²) in [4.78, 5) is 0. The lowest BCUT2D eigenvalue weighted by atomic mass is 10.1. The molecule has 17 heavy (non-hydrogen) atoms. The molecule has 1 aliphatic rings. The van der Waals surface area contributed by atoms with Crippen LogP contribution in [-0.2, 0) is 0 Å². The number of hydrogen-bond donors (Lipinski definition) is 1. The van der Waals surface area contributed by atoms with Gasteiger partial charge in [-0.25, -0.2) is 0 Å². The smallest absolute Gasteiger partial charge is 0.161 e. The van der Waals surface area contributed by atoms with Gasteiger partial charge in [-0.2, -0.15) is 0 Å². The molecular weight excluding hydrogens is 214 g/mol. The van der Waals surface area contributed by atoms with Crippen LogP contribution >= 0.6 is 0 Å². The highest BCUT2D eigenvalue weighted by Gasteiger charge is 2.13. The summed E-state index contributed by atoms with van der Waals surface area (Å²) in [6.07, 6.45) is 3.79. The zero-order valence-electron chi connectivity index (χ0n) is 10.4.